The van der Waals surface area contributed by atoms with Crippen molar-refractivity contribution in [3.63, 3.8) is 0 Å². The summed E-state index contributed by atoms with van der Waals surface area (Å²) in [5.41, 5.74) is 0. The number of carbonyl (C=O) groups is 6. The SMILES string of the molecule is CCC(CO)OC(COC(=O)NCCC(=O)NCCNC(=O)CCOCCOCCCC(=O)CCN1C(=O)C=CC1=O)OC. The molecule has 0 spiro atoms. The molecule has 0 bridgehead atoms. The molecule has 1 aliphatic heterocycles. The molecule has 16 heteroatoms. The van der Waals surface area contributed by atoms with E-state index in [1.807, 2.05) is 6.92 Å². The number of carbonyl (C=O) groups excluding carboxylic acids is 6. The monoisotopic (exact) mass is 630 g/mol. The van der Waals surface area contributed by atoms with Gasteiger partial charge in [0.1, 0.15) is 12.4 Å². The molecule has 0 saturated carbocycles. The number of rotatable bonds is 26. The lowest BCUT2D eigenvalue weighted by Crippen LogP contribution is -2.37. The van der Waals surface area contributed by atoms with Crippen molar-refractivity contribution in [3.8, 4) is 0 Å². The van der Waals surface area contributed by atoms with Crippen molar-refractivity contribution < 1.29 is 57.6 Å². The van der Waals surface area contributed by atoms with Crippen molar-refractivity contribution >= 4 is 35.5 Å². The van der Waals surface area contributed by atoms with Crippen molar-refractivity contribution in [2.45, 2.75) is 57.8 Å². The Morgan fingerprint density at radius 3 is 2.09 bits per heavy atom. The van der Waals surface area contributed by atoms with Gasteiger partial charge in [0.25, 0.3) is 11.8 Å². The van der Waals surface area contributed by atoms with Crippen LogP contribution in [0.1, 0.15) is 45.4 Å². The summed E-state index contributed by atoms with van der Waals surface area (Å²) in [6.07, 6.45) is 2.02. The topological polar surface area (TPSA) is 208 Å². The number of imide groups is 1. The van der Waals surface area contributed by atoms with Crippen LogP contribution in [-0.4, -0.2) is 131 Å². The number of ether oxygens (including phenoxy) is 5. The predicted octanol–water partition coefficient (Wildman–Crippen LogP) is -0.817. The first-order chi connectivity index (χ1) is 21.2. The largest absolute Gasteiger partial charge is 0.444 e. The highest BCUT2D eigenvalue weighted by atomic mass is 16.7. The molecular formula is C28H46N4O12. The lowest BCUT2D eigenvalue weighted by molar-refractivity contribution is -0.181. The Labute approximate surface area is 257 Å². The van der Waals surface area contributed by atoms with Crippen molar-refractivity contribution in [3.05, 3.63) is 12.2 Å². The minimum Gasteiger partial charge on any atom is -0.444 e. The molecule has 1 aliphatic rings. The summed E-state index contributed by atoms with van der Waals surface area (Å²) in [4.78, 5) is 71.3. The van der Waals surface area contributed by atoms with Gasteiger partial charge in [0.2, 0.25) is 11.8 Å². The van der Waals surface area contributed by atoms with Gasteiger partial charge in [-0.1, -0.05) is 6.92 Å². The number of aliphatic hydroxyl groups excluding tert-OH is 1. The number of amides is 5. The number of hydrogen-bond donors (Lipinski definition) is 4. The zero-order chi connectivity index (χ0) is 32.6. The van der Waals surface area contributed by atoms with Crippen LogP contribution >= 0.6 is 0 Å². The van der Waals surface area contributed by atoms with Gasteiger partial charge < -0.3 is 44.7 Å². The predicted molar refractivity (Wildman–Crippen MR) is 154 cm³/mol. The van der Waals surface area contributed by atoms with E-state index in [0.29, 0.717) is 26.1 Å². The number of ketones is 1. The molecule has 0 aromatic heterocycles. The number of methoxy groups -OCH3 is 1. The van der Waals surface area contributed by atoms with Crippen LogP contribution in [0.15, 0.2) is 12.2 Å². The highest BCUT2D eigenvalue weighted by Gasteiger charge is 2.23. The molecule has 0 saturated heterocycles. The molecule has 0 fully saturated rings. The van der Waals surface area contributed by atoms with E-state index in [2.05, 4.69) is 16.0 Å². The second kappa shape index (κ2) is 23.9. The summed E-state index contributed by atoms with van der Waals surface area (Å²) in [5, 5.41) is 16.9. The second-order valence-electron chi connectivity index (χ2n) is 9.52. The lowest BCUT2D eigenvalue weighted by Gasteiger charge is -2.21. The molecule has 0 radical (unpaired) electrons. The Kier molecular flexibility index (Phi) is 21.0. The van der Waals surface area contributed by atoms with Crippen LogP contribution < -0.4 is 16.0 Å². The number of nitrogens with zero attached hydrogens (tertiary/aromatic N) is 1. The van der Waals surface area contributed by atoms with Crippen LogP contribution in [0.2, 0.25) is 0 Å². The average Bonchev–Trinajstić information content (AvgIpc) is 3.33. The molecule has 250 valence electrons. The first kappa shape index (κ1) is 38.6. The zero-order valence-corrected chi connectivity index (χ0v) is 25.5. The van der Waals surface area contributed by atoms with E-state index in [0.717, 1.165) is 4.90 Å². The first-order valence-corrected chi connectivity index (χ1v) is 14.6. The maximum absolute atomic E-state index is 11.9. The molecule has 2 atom stereocenters. The van der Waals surface area contributed by atoms with Crippen LogP contribution in [0.4, 0.5) is 4.79 Å². The van der Waals surface area contributed by atoms with Gasteiger partial charge in [0, 0.05) is 77.7 Å². The van der Waals surface area contributed by atoms with Gasteiger partial charge in [-0.3, -0.25) is 28.9 Å². The Hall–Kier alpha value is -3.44. The van der Waals surface area contributed by atoms with Gasteiger partial charge in [0.05, 0.1) is 32.5 Å². The van der Waals surface area contributed by atoms with Crippen molar-refractivity contribution in [1.82, 2.24) is 20.9 Å². The van der Waals surface area contributed by atoms with Crippen LogP contribution in [0, 0.1) is 0 Å². The average molecular weight is 631 g/mol. The molecule has 0 aliphatic carbocycles. The van der Waals surface area contributed by atoms with E-state index in [1.165, 1.54) is 19.3 Å². The number of alkyl carbamates (subject to hydrolysis) is 1. The Morgan fingerprint density at radius 2 is 1.48 bits per heavy atom. The smallest absolute Gasteiger partial charge is 0.407 e. The van der Waals surface area contributed by atoms with Gasteiger partial charge in [-0.25, -0.2) is 4.79 Å². The van der Waals surface area contributed by atoms with Gasteiger partial charge in [-0.2, -0.15) is 0 Å². The highest BCUT2D eigenvalue weighted by Crippen LogP contribution is 2.06. The Bertz CT molecular complexity index is 924. The molecule has 5 amide bonds. The molecule has 1 rings (SSSR count). The Balaban J connectivity index is 1.92. The fourth-order valence-electron chi connectivity index (χ4n) is 3.57. The quantitative estimate of drug-likeness (QED) is 0.0525. The van der Waals surface area contributed by atoms with Gasteiger partial charge in [0.15, 0.2) is 6.29 Å². The van der Waals surface area contributed by atoms with E-state index < -0.39 is 30.3 Å². The Morgan fingerprint density at radius 1 is 0.841 bits per heavy atom. The fraction of sp³-hybridized carbons (Fsp3) is 0.714. The molecule has 44 heavy (non-hydrogen) atoms. The standard InChI is InChI=1S/C28H46N4O12/c1-3-22(19-33)44-27(40-2)20-43-28(39)31-11-8-23(35)29-12-13-30-24(36)10-16-42-18-17-41-15-4-5-21(34)9-14-32-25(37)6-7-26(32)38/h6-7,22,27,33H,3-5,8-20H2,1-2H3,(H,29,35)(H,30,36)(H,31,39). The summed E-state index contributed by atoms with van der Waals surface area (Å²) in [6.45, 7) is 3.21. The second-order valence-corrected chi connectivity index (χ2v) is 9.52. The van der Waals surface area contributed by atoms with Crippen molar-refractivity contribution in [1.29, 1.82) is 0 Å². The van der Waals surface area contributed by atoms with E-state index in [1.54, 1.807) is 0 Å². The number of aliphatic hydroxyl groups is 1. The maximum atomic E-state index is 11.9. The van der Waals surface area contributed by atoms with Crippen LogP contribution in [-0.2, 0) is 47.7 Å². The van der Waals surface area contributed by atoms with Gasteiger partial charge in [-0.15, -0.1) is 0 Å². The van der Waals surface area contributed by atoms with Crippen LogP contribution in [0.25, 0.3) is 0 Å². The molecule has 16 nitrogen and oxygen atoms in total. The lowest BCUT2D eigenvalue weighted by atomic mass is 10.1. The molecular weight excluding hydrogens is 584 g/mol. The summed E-state index contributed by atoms with van der Waals surface area (Å²) in [6, 6.07) is 0. The van der Waals surface area contributed by atoms with E-state index in [4.69, 9.17) is 28.8 Å². The normalized spacial score (nSPS) is 13.9. The summed E-state index contributed by atoms with van der Waals surface area (Å²) in [7, 11) is 1.39. The number of nitrogens with one attached hydrogen (secondary N) is 3. The fourth-order valence-corrected chi connectivity index (χ4v) is 3.57. The highest BCUT2D eigenvalue weighted by molar-refractivity contribution is 6.13. The molecule has 1 heterocycles. The van der Waals surface area contributed by atoms with Crippen LogP contribution in [0.5, 0.6) is 0 Å². The third-order valence-electron chi connectivity index (χ3n) is 6.11. The van der Waals surface area contributed by atoms with Crippen molar-refractivity contribution in [2.75, 3.05) is 72.9 Å². The van der Waals surface area contributed by atoms with Crippen molar-refractivity contribution in [2.24, 2.45) is 0 Å². The maximum Gasteiger partial charge on any atom is 0.407 e. The summed E-state index contributed by atoms with van der Waals surface area (Å²) in [5.74, 6) is -1.41. The number of hydrogen-bond acceptors (Lipinski definition) is 12. The summed E-state index contributed by atoms with van der Waals surface area (Å²) < 4.78 is 26.2. The van der Waals surface area contributed by atoms with E-state index >= 15 is 0 Å². The minimum absolute atomic E-state index is 0.0167. The molecule has 0 aromatic carbocycles. The first-order valence-electron chi connectivity index (χ1n) is 14.6. The van der Waals surface area contributed by atoms with E-state index in [9.17, 15) is 28.8 Å². The van der Waals surface area contributed by atoms with Crippen LogP contribution in [0.3, 0.4) is 0 Å². The summed E-state index contributed by atoms with van der Waals surface area (Å²) >= 11 is 0. The molecule has 4 N–H and O–H groups in total. The molecule has 0 aromatic rings. The number of Topliss-reactive ketones (excluding diaryl/α,β-unsaturated/α-hetero) is 1. The minimum atomic E-state index is -0.822. The van der Waals surface area contributed by atoms with E-state index in [-0.39, 0.29) is 95.9 Å². The molecule has 2 unspecified atom stereocenters. The van der Waals surface area contributed by atoms with Gasteiger partial charge in [-0.05, 0) is 12.8 Å². The zero-order valence-electron chi connectivity index (χ0n) is 25.5. The third-order valence-corrected chi connectivity index (χ3v) is 6.11. The third kappa shape index (κ3) is 18.3. The van der Waals surface area contributed by atoms with Gasteiger partial charge >= 0.3 is 6.09 Å².